The molecule has 0 aliphatic heterocycles. The van der Waals surface area contributed by atoms with Gasteiger partial charge in [0, 0.05) is 29.7 Å². The number of aryl methyl sites for hydroxylation is 1. The van der Waals surface area contributed by atoms with E-state index >= 15 is 0 Å². The summed E-state index contributed by atoms with van der Waals surface area (Å²) in [6.07, 6.45) is 0. The Balaban J connectivity index is 1.95. The van der Waals surface area contributed by atoms with E-state index in [-0.39, 0.29) is 5.43 Å². The van der Waals surface area contributed by atoms with E-state index in [1.165, 1.54) is 5.56 Å². The molecule has 4 heteroatoms. The number of aromatic amines is 1. The Bertz CT molecular complexity index is 903. The van der Waals surface area contributed by atoms with Crippen molar-refractivity contribution in [2.75, 3.05) is 6.54 Å². The number of nitrogens with zero attached hydrogens (tertiary/aromatic N) is 1. The molecule has 3 nitrogen and oxygen atoms in total. The van der Waals surface area contributed by atoms with E-state index in [2.05, 4.69) is 28.9 Å². The topological polar surface area (TPSA) is 36.1 Å². The van der Waals surface area contributed by atoms with Crippen LogP contribution in [-0.2, 0) is 13.1 Å². The largest absolute Gasteiger partial charge is 0.357 e. The number of H-pyrrole nitrogens is 1. The molecule has 0 spiro atoms. The first kappa shape index (κ1) is 16.7. The highest BCUT2D eigenvalue weighted by atomic mass is 35.5. The summed E-state index contributed by atoms with van der Waals surface area (Å²) in [4.78, 5) is 18.5. The number of para-hydroxylation sites is 1. The molecule has 3 aromatic rings. The Kier molecular flexibility index (Phi) is 5.03. The van der Waals surface area contributed by atoms with Crippen molar-refractivity contribution in [1.82, 2.24) is 9.88 Å². The molecule has 2 aromatic carbocycles. The van der Waals surface area contributed by atoms with Crippen LogP contribution in [0.2, 0.25) is 5.02 Å². The van der Waals surface area contributed by atoms with Gasteiger partial charge in [-0.2, -0.15) is 0 Å². The quantitative estimate of drug-likeness (QED) is 0.741. The van der Waals surface area contributed by atoms with E-state index in [0.29, 0.717) is 17.0 Å². The Morgan fingerprint density at radius 3 is 2.50 bits per heavy atom. The van der Waals surface area contributed by atoms with Crippen LogP contribution in [0.4, 0.5) is 0 Å². The van der Waals surface area contributed by atoms with Gasteiger partial charge in [0.05, 0.1) is 10.5 Å². The van der Waals surface area contributed by atoms with E-state index in [4.69, 9.17) is 11.6 Å². The van der Waals surface area contributed by atoms with Gasteiger partial charge < -0.3 is 4.98 Å². The summed E-state index contributed by atoms with van der Waals surface area (Å²) in [7, 11) is 0. The summed E-state index contributed by atoms with van der Waals surface area (Å²) in [5, 5.41) is 1.23. The van der Waals surface area contributed by atoms with Gasteiger partial charge in [0.1, 0.15) is 0 Å². The van der Waals surface area contributed by atoms with Crippen molar-refractivity contribution in [3.63, 3.8) is 0 Å². The van der Waals surface area contributed by atoms with Crippen molar-refractivity contribution >= 4 is 22.5 Å². The average molecular weight is 341 g/mol. The van der Waals surface area contributed by atoms with E-state index in [0.717, 1.165) is 29.9 Å². The molecular weight excluding hydrogens is 320 g/mol. The molecule has 24 heavy (non-hydrogen) atoms. The van der Waals surface area contributed by atoms with Gasteiger partial charge in [-0.25, -0.2) is 0 Å². The Morgan fingerprint density at radius 2 is 1.79 bits per heavy atom. The molecule has 1 N–H and O–H groups in total. The normalized spacial score (nSPS) is 11.3. The number of hydrogen-bond donors (Lipinski definition) is 1. The van der Waals surface area contributed by atoms with Gasteiger partial charge in [0.2, 0.25) is 0 Å². The van der Waals surface area contributed by atoms with Gasteiger partial charge in [-0.3, -0.25) is 9.69 Å². The molecule has 0 aliphatic carbocycles. The molecular formula is C20H21ClN2O. The van der Waals surface area contributed by atoms with Gasteiger partial charge in [-0.05, 0) is 31.2 Å². The second-order valence-electron chi connectivity index (χ2n) is 6.01. The summed E-state index contributed by atoms with van der Waals surface area (Å²) in [5.41, 5.74) is 3.72. The number of hydrogen-bond acceptors (Lipinski definition) is 2. The number of fused-ring (bicyclic) bond motifs is 1. The molecule has 3 rings (SSSR count). The standard InChI is InChI=1S/C20H21ClN2O/c1-3-23(12-15-8-5-4-6-9-15)13-17-14(2)22-19-16(20(17)24)10-7-11-18(19)21/h4-11H,3,12-13H2,1-2H3,(H,22,24). The maximum atomic E-state index is 12.9. The first-order valence-electron chi connectivity index (χ1n) is 8.16. The van der Waals surface area contributed by atoms with Gasteiger partial charge >= 0.3 is 0 Å². The van der Waals surface area contributed by atoms with Crippen LogP contribution >= 0.6 is 11.6 Å². The maximum Gasteiger partial charge on any atom is 0.194 e. The third-order valence-electron chi connectivity index (χ3n) is 4.38. The minimum absolute atomic E-state index is 0.0651. The van der Waals surface area contributed by atoms with Crippen molar-refractivity contribution < 1.29 is 0 Å². The maximum absolute atomic E-state index is 12.9. The highest BCUT2D eigenvalue weighted by molar-refractivity contribution is 6.35. The smallest absolute Gasteiger partial charge is 0.194 e. The lowest BCUT2D eigenvalue weighted by Crippen LogP contribution is -2.27. The van der Waals surface area contributed by atoms with Gasteiger partial charge in [-0.15, -0.1) is 0 Å². The third-order valence-corrected chi connectivity index (χ3v) is 4.69. The average Bonchev–Trinajstić information content (AvgIpc) is 2.59. The monoisotopic (exact) mass is 340 g/mol. The number of pyridine rings is 1. The lowest BCUT2D eigenvalue weighted by molar-refractivity contribution is 0.270. The molecule has 1 aromatic heterocycles. The first-order chi connectivity index (χ1) is 11.6. The van der Waals surface area contributed by atoms with Gasteiger partial charge in [-0.1, -0.05) is 54.9 Å². The van der Waals surface area contributed by atoms with E-state index in [1.807, 2.05) is 37.3 Å². The predicted octanol–water partition coefficient (Wildman–Crippen LogP) is 4.51. The Morgan fingerprint density at radius 1 is 1.04 bits per heavy atom. The van der Waals surface area contributed by atoms with Crippen molar-refractivity contribution in [2.45, 2.75) is 26.9 Å². The molecule has 0 amide bonds. The summed E-state index contributed by atoms with van der Waals surface area (Å²) < 4.78 is 0. The molecule has 124 valence electrons. The highest BCUT2D eigenvalue weighted by Crippen LogP contribution is 2.21. The van der Waals surface area contributed by atoms with Crippen molar-refractivity contribution in [3.8, 4) is 0 Å². The summed E-state index contributed by atoms with van der Waals surface area (Å²) in [6, 6.07) is 15.8. The second kappa shape index (κ2) is 7.20. The summed E-state index contributed by atoms with van der Waals surface area (Å²) in [6.45, 7) is 6.38. The third kappa shape index (κ3) is 3.37. The highest BCUT2D eigenvalue weighted by Gasteiger charge is 2.14. The molecule has 0 saturated carbocycles. The predicted molar refractivity (Wildman–Crippen MR) is 101 cm³/mol. The molecule has 0 saturated heterocycles. The molecule has 0 bridgehead atoms. The van der Waals surface area contributed by atoms with Crippen LogP contribution in [0.3, 0.4) is 0 Å². The van der Waals surface area contributed by atoms with Gasteiger partial charge in [0.15, 0.2) is 5.43 Å². The van der Waals surface area contributed by atoms with Crippen LogP contribution < -0.4 is 5.43 Å². The first-order valence-corrected chi connectivity index (χ1v) is 8.54. The molecule has 0 atom stereocenters. The minimum atomic E-state index is 0.0651. The number of nitrogens with one attached hydrogen (secondary N) is 1. The van der Waals surface area contributed by atoms with Crippen molar-refractivity contribution in [3.05, 3.63) is 80.6 Å². The molecule has 1 heterocycles. The van der Waals surface area contributed by atoms with E-state index in [1.54, 1.807) is 6.07 Å². The van der Waals surface area contributed by atoms with Crippen LogP contribution in [0.5, 0.6) is 0 Å². The zero-order chi connectivity index (χ0) is 17.1. The zero-order valence-electron chi connectivity index (χ0n) is 14.0. The zero-order valence-corrected chi connectivity index (χ0v) is 14.7. The fraction of sp³-hybridized carbons (Fsp3) is 0.250. The lowest BCUT2D eigenvalue weighted by atomic mass is 10.1. The Hall–Kier alpha value is -2.10. The van der Waals surface area contributed by atoms with Crippen LogP contribution in [-0.4, -0.2) is 16.4 Å². The van der Waals surface area contributed by atoms with Crippen LogP contribution in [0.1, 0.15) is 23.7 Å². The minimum Gasteiger partial charge on any atom is -0.357 e. The number of halogens is 1. The molecule has 0 radical (unpaired) electrons. The second-order valence-corrected chi connectivity index (χ2v) is 6.42. The van der Waals surface area contributed by atoms with Crippen molar-refractivity contribution in [2.24, 2.45) is 0 Å². The SMILES string of the molecule is CCN(Cc1ccccc1)Cc1c(C)[nH]c2c(Cl)cccc2c1=O. The molecule has 0 fully saturated rings. The van der Waals surface area contributed by atoms with Crippen LogP contribution in [0.25, 0.3) is 10.9 Å². The van der Waals surface area contributed by atoms with Gasteiger partial charge in [0.25, 0.3) is 0 Å². The Labute approximate surface area is 146 Å². The van der Waals surface area contributed by atoms with Crippen LogP contribution in [0.15, 0.2) is 53.3 Å². The molecule has 0 unspecified atom stereocenters. The number of rotatable bonds is 5. The lowest BCUT2D eigenvalue weighted by Gasteiger charge is -2.21. The fourth-order valence-electron chi connectivity index (χ4n) is 2.97. The summed E-state index contributed by atoms with van der Waals surface area (Å²) in [5.74, 6) is 0. The molecule has 0 aliphatic rings. The van der Waals surface area contributed by atoms with E-state index in [9.17, 15) is 4.79 Å². The summed E-state index contributed by atoms with van der Waals surface area (Å²) >= 11 is 6.21. The number of aromatic nitrogens is 1. The van der Waals surface area contributed by atoms with E-state index < -0.39 is 0 Å². The van der Waals surface area contributed by atoms with Crippen molar-refractivity contribution in [1.29, 1.82) is 0 Å². The fourth-order valence-corrected chi connectivity index (χ4v) is 3.19. The van der Waals surface area contributed by atoms with Crippen LogP contribution in [0, 0.1) is 6.92 Å². The number of benzene rings is 2.